The Morgan fingerprint density at radius 2 is 1.68 bits per heavy atom. The lowest BCUT2D eigenvalue weighted by Crippen LogP contribution is -2.22. The summed E-state index contributed by atoms with van der Waals surface area (Å²) >= 11 is 0. The highest BCUT2D eigenvalue weighted by Gasteiger charge is 2.09. The van der Waals surface area contributed by atoms with Crippen LogP contribution < -0.4 is 15.4 Å². The molecule has 5 nitrogen and oxygen atoms in total. The first-order valence-electron chi connectivity index (χ1n) is 8.56. The molecule has 0 heterocycles. The molecule has 2 amide bonds. The molecule has 0 fully saturated rings. The van der Waals surface area contributed by atoms with Gasteiger partial charge in [-0.15, -0.1) is 0 Å². The second-order valence-corrected chi connectivity index (χ2v) is 5.62. The Morgan fingerprint density at radius 3 is 2.40 bits per heavy atom. The Hall–Kier alpha value is -2.82. The first-order valence-corrected chi connectivity index (χ1v) is 8.56. The molecular formula is C20H24N2O3. The quantitative estimate of drug-likeness (QED) is 0.717. The molecule has 2 rings (SSSR count). The maximum Gasteiger partial charge on any atom is 0.255 e. The molecule has 0 radical (unpaired) electrons. The van der Waals surface area contributed by atoms with Crippen molar-refractivity contribution >= 4 is 17.5 Å². The third-order valence-corrected chi connectivity index (χ3v) is 3.58. The number of benzene rings is 2. The van der Waals surface area contributed by atoms with Gasteiger partial charge in [0.15, 0.2) is 0 Å². The molecule has 2 N–H and O–H groups in total. The number of nitrogens with one attached hydrogen (secondary N) is 2. The van der Waals surface area contributed by atoms with Crippen LogP contribution in [-0.2, 0) is 0 Å². The number of carbonyl (C=O) groups is 2. The minimum absolute atomic E-state index is 0.162. The normalized spacial score (nSPS) is 10.2. The zero-order chi connectivity index (χ0) is 18.1. The Kier molecular flexibility index (Phi) is 7.01. The van der Waals surface area contributed by atoms with Gasteiger partial charge in [0.2, 0.25) is 0 Å². The lowest BCUT2D eigenvalue weighted by atomic mass is 10.1. The first kappa shape index (κ1) is 18.5. The van der Waals surface area contributed by atoms with Crippen molar-refractivity contribution in [3.8, 4) is 5.75 Å². The van der Waals surface area contributed by atoms with Gasteiger partial charge < -0.3 is 15.4 Å². The number of unbranched alkanes of at least 4 members (excludes halogenated alkanes) is 1. The van der Waals surface area contributed by atoms with Crippen molar-refractivity contribution in [2.45, 2.75) is 26.7 Å². The molecule has 2 aromatic carbocycles. The molecule has 25 heavy (non-hydrogen) atoms. The van der Waals surface area contributed by atoms with Crippen molar-refractivity contribution in [2.24, 2.45) is 0 Å². The van der Waals surface area contributed by atoms with E-state index in [4.69, 9.17) is 4.74 Å². The molecule has 0 aliphatic carbocycles. The Labute approximate surface area is 148 Å². The summed E-state index contributed by atoms with van der Waals surface area (Å²) in [5.74, 6) is 0.274. The highest BCUT2D eigenvalue weighted by Crippen LogP contribution is 2.17. The summed E-state index contributed by atoms with van der Waals surface area (Å²) in [4.78, 5) is 24.3. The molecule has 0 atom stereocenters. The van der Waals surface area contributed by atoms with Gasteiger partial charge in [-0.25, -0.2) is 0 Å². The van der Waals surface area contributed by atoms with Crippen LogP contribution in [0.2, 0.25) is 0 Å². The average molecular weight is 340 g/mol. The zero-order valence-corrected chi connectivity index (χ0v) is 14.7. The van der Waals surface area contributed by atoms with Gasteiger partial charge in [0.1, 0.15) is 5.75 Å². The van der Waals surface area contributed by atoms with Crippen molar-refractivity contribution in [2.75, 3.05) is 18.5 Å². The summed E-state index contributed by atoms with van der Waals surface area (Å²) in [5, 5.41) is 5.55. The number of carbonyl (C=O) groups excluding carboxylic acids is 2. The SMILES string of the molecule is CCCCOc1cccc(C(=O)Nc2cccc(C(=O)NCC)c2)c1. The van der Waals surface area contributed by atoms with E-state index in [9.17, 15) is 9.59 Å². The molecule has 0 unspecified atom stereocenters. The lowest BCUT2D eigenvalue weighted by Gasteiger charge is -2.09. The van der Waals surface area contributed by atoms with Gasteiger partial charge >= 0.3 is 0 Å². The second kappa shape index (κ2) is 9.47. The molecule has 0 aliphatic rings. The molecule has 0 aromatic heterocycles. The standard InChI is InChI=1S/C20H24N2O3/c1-3-5-12-25-18-11-7-9-16(14-18)20(24)22-17-10-6-8-15(13-17)19(23)21-4-2/h6-11,13-14H,3-5,12H2,1-2H3,(H,21,23)(H,22,24). The number of hydrogen-bond acceptors (Lipinski definition) is 3. The van der Waals surface area contributed by atoms with Crippen LogP contribution in [0.1, 0.15) is 47.4 Å². The smallest absolute Gasteiger partial charge is 0.255 e. The van der Waals surface area contributed by atoms with Crippen LogP contribution >= 0.6 is 0 Å². The molecule has 0 bridgehead atoms. The van der Waals surface area contributed by atoms with Gasteiger partial charge in [-0.05, 0) is 49.7 Å². The van der Waals surface area contributed by atoms with Crippen molar-refractivity contribution < 1.29 is 14.3 Å². The highest BCUT2D eigenvalue weighted by atomic mass is 16.5. The Balaban J connectivity index is 2.05. The Morgan fingerprint density at radius 1 is 0.960 bits per heavy atom. The molecule has 132 valence electrons. The third kappa shape index (κ3) is 5.64. The molecular weight excluding hydrogens is 316 g/mol. The van der Waals surface area contributed by atoms with Crippen molar-refractivity contribution in [1.82, 2.24) is 5.32 Å². The highest BCUT2D eigenvalue weighted by molar-refractivity contribution is 6.05. The molecule has 2 aromatic rings. The number of anilines is 1. The number of amides is 2. The molecule has 5 heteroatoms. The number of hydrogen-bond donors (Lipinski definition) is 2. The fourth-order valence-corrected chi connectivity index (χ4v) is 2.27. The van der Waals surface area contributed by atoms with Crippen LogP contribution in [0.25, 0.3) is 0 Å². The molecule has 0 saturated heterocycles. The second-order valence-electron chi connectivity index (χ2n) is 5.62. The first-order chi connectivity index (χ1) is 12.1. The lowest BCUT2D eigenvalue weighted by molar-refractivity contribution is 0.0954. The van der Waals surface area contributed by atoms with Gasteiger partial charge in [-0.1, -0.05) is 25.5 Å². The van der Waals surface area contributed by atoms with E-state index in [1.54, 1.807) is 42.5 Å². The van der Waals surface area contributed by atoms with E-state index in [-0.39, 0.29) is 11.8 Å². The summed E-state index contributed by atoms with van der Waals surface area (Å²) in [7, 11) is 0. The van der Waals surface area contributed by atoms with E-state index in [0.29, 0.717) is 35.7 Å². The van der Waals surface area contributed by atoms with E-state index in [0.717, 1.165) is 12.8 Å². The van der Waals surface area contributed by atoms with Gasteiger partial charge in [-0.3, -0.25) is 9.59 Å². The van der Waals surface area contributed by atoms with Crippen LogP contribution in [0.15, 0.2) is 48.5 Å². The topological polar surface area (TPSA) is 67.4 Å². The number of rotatable bonds is 8. The largest absolute Gasteiger partial charge is 0.494 e. The average Bonchev–Trinajstić information content (AvgIpc) is 2.62. The maximum absolute atomic E-state index is 12.4. The van der Waals surface area contributed by atoms with E-state index in [1.165, 1.54) is 0 Å². The summed E-state index contributed by atoms with van der Waals surface area (Å²) in [5.41, 5.74) is 1.60. The fourth-order valence-electron chi connectivity index (χ4n) is 2.27. The van der Waals surface area contributed by atoms with Crippen LogP contribution in [0.5, 0.6) is 5.75 Å². The fraction of sp³-hybridized carbons (Fsp3) is 0.300. The van der Waals surface area contributed by atoms with Crippen molar-refractivity contribution in [1.29, 1.82) is 0 Å². The van der Waals surface area contributed by atoms with Gasteiger partial charge in [0, 0.05) is 23.4 Å². The summed E-state index contributed by atoms with van der Waals surface area (Å²) in [6, 6.07) is 13.9. The summed E-state index contributed by atoms with van der Waals surface area (Å²) < 4.78 is 5.63. The van der Waals surface area contributed by atoms with Crippen LogP contribution in [0, 0.1) is 0 Å². The predicted octanol–water partition coefficient (Wildman–Crippen LogP) is 3.87. The summed E-state index contributed by atoms with van der Waals surface area (Å²) in [6.45, 7) is 5.15. The van der Waals surface area contributed by atoms with Gasteiger partial charge in [-0.2, -0.15) is 0 Å². The van der Waals surface area contributed by atoms with Crippen molar-refractivity contribution in [3.05, 3.63) is 59.7 Å². The van der Waals surface area contributed by atoms with E-state index >= 15 is 0 Å². The molecule has 0 spiro atoms. The van der Waals surface area contributed by atoms with E-state index in [1.807, 2.05) is 13.0 Å². The van der Waals surface area contributed by atoms with E-state index in [2.05, 4.69) is 17.6 Å². The van der Waals surface area contributed by atoms with Crippen LogP contribution in [0.4, 0.5) is 5.69 Å². The third-order valence-electron chi connectivity index (χ3n) is 3.58. The van der Waals surface area contributed by atoms with Gasteiger partial charge in [0.05, 0.1) is 6.61 Å². The predicted molar refractivity (Wildman–Crippen MR) is 99.2 cm³/mol. The van der Waals surface area contributed by atoms with Crippen molar-refractivity contribution in [3.63, 3.8) is 0 Å². The monoisotopic (exact) mass is 340 g/mol. The summed E-state index contributed by atoms with van der Waals surface area (Å²) in [6.07, 6.45) is 2.03. The number of ether oxygens (including phenoxy) is 1. The molecule has 0 aliphatic heterocycles. The minimum Gasteiger partial charge on any atom is -0.494 e. The van der Waals surface area contributed by atoms with Crippen LogP contribution in [-0.4, -0.2) is 25.0 Å². The maximum atomic E-state index is 12.4. The van der Waals surface area contributed by atoms with Gasteiger partial charge in [0.25, 0.3) is 11.8 Å². The minimum atomic E-state index is -0.242. The molecule has 0 saturated carbocycles. The zero-order valence-electron chi connectivity index (χ0n) is 14.7. The van der Waals surface area contributed by atoms with E-state index < -0.39 is 0 Å². The van der Waals surface area contributed by atoms with Crippen LogP contribution in [0.3, 0.4) is 0 Å². The Bertz CT molecular complexity index is 728.